The first kappa shape index (κ1) is 14.6. The summed E-state index contributed by atoms with van der Waals surface area (Å²) in [4.78, 5) is -0.477. The SMILES string of the molecule is O=S(=O)(c1ccccc1OC(F)(F)F)N1CC2CC1CO2. The van der Waals surface area contributed by atoms with Gasteiger partial charge in [-0.05, 0) is 18.6 Å². The fraction of sp³-hybridized carbons (Fsp3) is 0.500. The summed E-state index contributed by atoms with van der Waals surface area (Å²) in [5.41, 5.74) is 0. The van der Waals surface area contributed by atoms with Crippen molar-refractivity contribution in [2.75, 3.05) is 13.2 Å². The summed E-state index contributed by atoms with van der Waals surface area (Å²) in [6, 6.07) is 4.44. The van der Waals surface area contributed by atoms with Crippen LogP contribution in [-0.4, -0.2) is 44.4 Å². The van der Waals surface area contributed by atoms with Gasteiger partial charge in [0.1, 0.15) is 10.6 Å². The first-order valence-electron chi connectivity index (χ1n) is 6.25. The number of alkyl halides is 3. The predicted octanol–water partition coefficient (Wildman–Crippen LogP) is 1.75. The lowest BCUT2D eigenvalue weighted by molar-refractivity contribution is -0.275. The first-order valence-corrected chi connectivity index (χ1v) is 7.69. The zero-order chi connectivity index (χ0) is 15.3. The lowest BCUT2D eigenvalue weighted by Crippen LogP contribution is -2.41. The summed E-state index contributed by atoms with van der Waals surface area (Å²) in [6.07, 6.45) is -4.55. The highest BCUT2D eigenvalue weighted by Crippen LogP contribution is 2.37. The summed E-state index contributed by atoms with van der Waals surface area (Å²) in [7, 11) is -4.04. The molecule has 116 valence electrons. The maximum Gasteiger partial charge on any atom is 0.573 e. The summed E-state index contributed by atoms with van der Waals surface area (Å²) in [5.74, 6) is -0.714. The highest BCUT2D eigenvalue weighted by molar-refractivity contribution is 7.89. The maximum absolute atomic E-state index is 12.6. The van der Waals surface area contributed by atoms with E-state index in [1.54, 1.807) is 0 Å². The Morgan fingerprint density at radius 3 is 2.57 bits per heavy atom. The topological polar surface area (TPSA) is 55.8 Å². The molecule has 0 radical (unpaired) electrons. The lowest BCUT2D eigenvalue weighted by atomic mass is 10.3. The quantitative estimate of drug-likeness (QED) is 0.850. The van der Waals surface area contributed by atoms with Crippen LogP contribution in [0.15, 0.2) is 29.2 Å². The molecule has 21 heavy (non-hydrogen) atoms. The number of hydrogen-bond donors (Lipinski definition) is 0. The fourth-order valence-corrected chi connectivity index (χ4v) is 4.43. The molecule has 1 aromatic carbocycles. The highest BCUT2D eigenvalue weighted by atomic mass is 32.2. The molecular formula is C12H12F3NO4S. The molecular weight excluding hydrogens is 311 g/mol. The van der Waals surface area contributed by atoms with Crippen molar-refractivity contribution in [2.45, 2.75) is 29.8 Å². The van der Waals surface area contributed by atoms with Gasteiger partial charge in [-0.2, -0.15) is 4.31 Å². The molecule has 9 heteroatoms. The van der Waals surface area contributed by atoms with Gasteiger partial charge >= 0.3 is 6.36 Å². The van der Waals surface area contributed by atoms with Gasteiger partial charge in [-0.3, -0.25) is 0 Å². The number of halogens is 3. The zero-order valence-electron chi connectivity index (χ0n) is 10.7. The fourth-order valence-electron chi connectivity index (χ4n) is 2.66. The van der Waals surface area contributed by atoms with Crippen LogP contribution in [0.1, 0.15) is 6.42 Å². The summed E-state index contributed by atoms with van der Waals surface area (Å²) in [5, 5.41) is 0. The minimum absolute atomic E-state index is 0.160. The van der Waals surface area contributed by atoms with Gasteiger partial charge in [-0.25, -0.2) is 8.42 Å². The molecule has 0 aliphatic carbocycles. The number of benzene rings is 1. The summed E-state index contributed by atoms with van der Waals surface area (Å²) in [6.45, 7) is 0.430. The number of ether oxygens (including phenoxy) is 2. The lowest BCUT2D eigenvalue weighted by Gasteiger charge is -2.26. The van der Waals surface area contributed by atoms with E-state index in [-0.39, 0.29) is 25.3 Å². The summed E-state index contributed by atoms with van der Waals surface area (Å²) >= 11 is 0. The van der Waals surface area contributed by atoms with Gasteiger partial charge in [-0.15, -0.1) is 13.2 Å². The van der Waals surface area contributed by atoms with Crippen LogP contribution in [0, 0.1) is 0 Å². The van der Waals surface area contributed by atoms with Gasteiger partial charge in [0.15, 0.2) is 0 Å². The molecule has 2 aliphatic rings. The largest absolute Gasteiger partial charge is 0.573 e. The molecule has 2 unspecified atom stereocenters. The van der Waals surface area contributed by atoms with Crippen molar-refractivity contribution in [1.82, 2.24) is 4.31 Å². The molecule has 2 heterocycles. The Balaban J connectivity index is 1.96. The van der Waals surface area contributed by atoms with Crippen molar-refractivity contribution in [1.29, 1.82) is 0 Å². The van der Waals surface area contributed by atoms with Crippen molar-refractivity contribution < 1.29 is 31.1 Å². The number of sulfonamides is 1. The van der Waals surface area contributed by atoms with E-state index in [9.17, 15) is 21.6 Å². The molecule has 0 amide bonds. The molecule has 5 nitrogen and oxygen atoms in total. The Hall–Kier alpha value is -1.32. The second kappa shape index (κ2) is 4.85. The van der Waals surface area contributed by atoms with Crippen molar-refractivity contribution in [3.63, 3.8) is 0 Å². The first-order chi connectivity index (χ1) is 9.77. The molecule has 2 bridgehead atoms. The van der Waals surface area contributed by atoms with E-state index in [2.05, 4.69) is 4.74 Å². The minimum atomic E-state index is -4.95. The van der Waals surface area contributed by atoms with E-state index in [4.69, 9.17) is 4.74 Å². The molecule has 3 rings (SSSR count). The van der Waals surface area contributed by atoms with Gasteiger partial charge in [0.25, 0.3) is 0 Å². The third kappa shape index (κ3) is 2.72. The van der Waals surface area contributed by atoms with E-state index < -0.39 is 27.0 Å². The number of nitrogens with zero attached hydrogens (tertiary/aromatic N) is 1. The molecule has 0 spiro atoms. The Morgan fingerprint density at radius 2 is 2.00 bits per heavy atom. The van der Waals surface area contributed by atoms with Crippen molar-refractivity contribution in [3.8, 4) is 5.75 Å². The minimum Gasteiger partial charge on any atom is -0.404 e. The highest BCUT2D eigenvalue weighted by Gasteiger charge is 2.46. The van der Waals surface area contributed by atoms with Crippen molar-refractivity contribution in [2.24, 2.45) is 0 Å². The Labute approximate surface area is 119 Å². The number of hydrogen-bond acceptors (Lipinski definition) is 4. The Morgan fingerprint density at radius 1 is 1.29 bits per heavy atom. The molecule has 0 saturated carbocycles. The van der Waals surface area contributed by atoms with Gasteiger partial charge < -0.3 is 9.47 Å². The molecule has 2 fully saturated rings. The van der Waals surface area contributed by atoms with Gasteiger partial charge in [0, 0.05) is 6.54 Å². The normalized spacial score (nSPS) is 26.2. The Kier molecular flexibility index (Phi) is 3.38. The Bertz CT molecular complexity index is 646. The van der Waals surface area contributed by atoms with Crippen LogP contribution in [-0.2, 0) is 14.8 Å². The monoisotopic (exact) mass is 323 g/mol. The van der Waals surface area contributed by atoms with Crippen LogP contribution in [0.5, 0.6) is 5.75 Å². The van der Waals surface area contributed by atoms with E-state index in [1.165, 1.54) is 16.4 Å². The van der Waals surface area contributed by atoms with Crippen LogP contribution >= 0.6 is 0 Å². The third-order valence-corrected chi connectivity index (χ3v) is 5.47. The third-order valence-electron chi connectivity index (χ3n) is 3.51. The molecule has 0 N–H and O–H groups in total. The van der Waals surface area contributed by atoms with Crippen LogP contribution in [0.2, 0.25) is 0 Å². The molecule has 2 atom stereocenters. The standard InChI is InChI=1S/C12H12F3NO4S/c13-12(14,15)20-10-3-1-2-4-11(10)21(17,18)16-6-9-5-8(16)7-19-9/h1-4,8-9H,5-7H2. The number of morpholine rings is 1. The van der Waals surface area contributed by atoms with Crippen LogP contribution in [0.25, 0.3) is 0 Å². The van der Waals surface area contributed by atoms with Crippen LogP contribution in [0.4, 0.5) is 13.2 Å². The average molecular weight is 323 g/mol. The van der Waals surface area contributed by atoms with Crippen molar-refractivity contribution >= 4 is 10.0 Å². The van der Waals surface area contributed by atoms with Gasteiger partial charge in [0.2, 0.25) is 10.0 Å². The smallest absolute Gasteiger partial charge is 0.404 e. The van der Waals surface area contributed by atoms with Gasteiger partial charge in [0.05, 0.1) is 18.8 Å². The molecule has 0 aromatic heterocycles. The second-order valence-electron chi connectivity index (χ2n) is 4.91. The predicted molar refractivity (Wildman–Crippen MR) is 65.2 cm³/mol. The molecule has 2 saturated heterocycles. The zero-order valence-corrected chi connectivity index (χ0v) is 11.5. The van der Waals surface area contributed by atoms with Crippen LogP contribution < -0.4 is 4.74 Å². The molecule has 2 aliphatic heterocycles. The van der Waals surface area contributed by atoms with Gasteiger partial charge in [-0.1, -0.05) is 12.1 Å². The van der Waals surface area contributed by atoms with E-state index in [0.717, 1.165) is 12.1 Å². The average Bonchev–Trinajstić information content (AvgIpc) is 2.99. The van der Waals surface area contributed by atoms with E-state index in [0.29, 0.717) is 6.42 Å². The number of fused-ring (bicyclic) bond motifs is 2. The van der Waals surface area contributed by atoms with Crippen molar-refractivity contribution in [3.05, 3.63) is 24.3 Å². The number of para-hydroxylation sites is 1. The van der Waals surface area contributed by atoms with E-state index >= 15 is 0 Å². The second-order valence-corrected chi connectivity index (χ2v) is 6.77. The number of rotatable bonds is 3. The van der Waals surface area contributed by atoms with E-state index in [1.807, 2.05) is 0 Å². The summed E-state index contributed by atoms with van der Waals surface area (Å²) < 4.78 is 72.6. The molecule has 1 aromatic rings. The maximum atomic E-state index is 12.6. The van der Waals surface area contributed by atoms with Crippen LogP contribution in [0.3, 0.4) is 0 Å².